The summed E-state index contributed by atoms with van der Waals surface area (Å²) >= 11 is 6.00. The summed E-state index contributed by atoms with van der Waals surface area (Å²) in [5.74, 6) is 0.451. The van der Waals surface area contributed by atoms with Crippen molar-refractivity contribution in [2.75, 3.05) is 5.43 Å². The van der Waals surface area contributed by atoms with Gasteiger partial charge in [0.15, 0.2) is 11.0 Å². The number of nitro groups is 1. The second-order valence-electron chi connectivity index (χ2n) is 4.61. The Bertz CT molecular complexity index is 913. The minimum absolute atomic E-state index is 0.00526. The molecule has 0 saturated carbocycles. The first kappa shape index (κ1) is 14.9. The number of nitrogens with zero attached hydrogens (tertiary/aromatic N) is 4. The number of fused-ring (bicyclic) bond motifs is 1. The standard InChI is InChI=1S/C15H10ClN5O2/c16-14-12-6-1-2-7-13(12)15(20-18-14)19-17-9-10-4-3-5-11(8-10)21(22)23/h1-9H,(H,19,20)/b17-9-. The maximum Gasteiger partial charge on any atom is 0.270 e. The number of anilines is 1. The lowest BCUT2D eigenvalue weighted by Gasteiger charge is -2.04. The van der Waals surface area contributed by atoms with Gasteiger partial charge >= 0.3 is 0 Å². The molecule has 0 amide bonds. The van der Waals surface area contributed by atoms with Crippen molar-refractivity contribution in [1.82, 2.24) is 10.2 Å². The largest absolute Gasteiger partial charge is 0.270 e. The van der Waals surface area contributed by atoms with Crippen LogP contribution in [-0.4, -0.2) is 21.3 Å². The average Bonchev–Trinajstić information content (AvgIpc) is 2.57. The summed E-state index contributed by atoms with van der Waals surface area (Å²) in [6.45, 7) is 0. The van der Waals surface area contributed by atoms with Gasteiger partial charge in [0.2, 0.25) is 0 Å². The van der Waals surface area contributed by atoms with Crippen molar-refractivity contribution < 1.29 is 4.92 Å². The lowest BCUT2D eigenvalue weighted by Crippen LogP contribution is -1.97. The number of non-ortho nitro benzene ring substituents is 1. The van der Waals surface area contributed by atoms with Gasteiger partial charge in [0.05, 0.1) is 11.1 Å². The number of benzene rings is 2. The molecule has 7 nitrogen and oxygen atoms in total. The Labute approximate surface area is 135 Å². The van der Waals surface area contributed by atoms with Crippen LogP contribution in [0.25, 0.3) is 10.8 Å². The number of hydrazone groups is 1. The molecule has 0 fully saturated rings. The second kappa shape index (κ2) is 6.37. The zero-order valence-corrected chi connectivity index (χ0v) is 12.4. The summed E-state index contributed by atoms with van der Waals surface area (Å²) < 4.78 is 0. The van der Waals surface area contributed by atoms with Gasteiger partial charge in [0.1, 0.15) is 0 Å². The fourth-order valence-corrected chi connectivity index (χ4v) is 2.24. The fourth-order valence-electron chi connectivity index (χ4n) is 2.04. The number of nitro benzene ring substituents is 1. The van der Waals surface area contributed by atoms with Gasteiger partial charge in [-0.3, -0.25) is 15.5 Å². The highest BCUT2D eigenvalue weighted by molar-refractivity contribution is 6.34. The van der Waals surface area contributed by atoms with Gasteiger partial charge in [0.25, 0.3) is 5.69 Å². The molecule has 0 radical (unpaired) electrons. The van der Waals surface area contributed by atoms with E-state index in [9.17, 15) is 10.1 Å². The quantitative estimate of drug-likeness (QED) is 0.448. The summed E-state index contributed by atoms with van der Waals surface area (Å²) in [7, 11) is 0. The van der Waals surface area contributed by atoms with E-state index in [0.29, 0.717) is 16.5 Å². The summed E-state index contributed by atoms with van der Waals surface area (Å²) in [5, 5.41) is 24.5. The molecule has 0 spiro atoms. The van der Waals surface area contributed by atoms with Gasteiger partial charge in [-0.1, -0.05) is 48.0 Å². The predicted octanol–water partition coefficient (Wildman–Crippen LogP) is 3.64. The number of aromatic nitrogens is 2. The van der Waals surface area contributed by atoms with Crippen molar-refractivity contribution in [3.8, 4) is 0 Å². The van der Waals surface area contributed by atoms with Crippen LogP contribution in [0.3, 0.4) is 0 Å². The van der Waals surface area contributed by atoms with Crippen LogP contribution in [0.15, 0.2) is 53.6 Å². The number of hydrogen-bond acceptors (Lipinski definition) is 6. The molecule has 0 aliphatic rings. The lowest BCUT2D eigenvalue weighted by atomic mass is 10.2. The van der Waals surface area contributed by atoms with E-state index in [1.165, 1.54) is 18.3 Å². The van der Waals surface area contributed by atoms with E-state index in [2.05, 4.69) is 20.7 Å². The number of nitrogens with one attached hydrogen (secondary N) is 1. The highest BCUT2D eigenvalue weighted by atomic mass is 35.5. The van der Waals surface area contributed by atoms with Gasteiger partial charge in [0, 0.05) is 28.5 Å². The molecule has 8 heteroatoms. The van der Waals surface area contributed by atoms with Crippen molar-refractivity contribution in [3.05, 3.63) is 69.4 Å². The zero-order valence-electron chi connectivity index (χ0n) is 11.7. The first-order chi connectivity index (χ1) is 11.1. The molecular formula is C15H10ClN5O2. The minimum atomic E-state index is -0.455. The van der Waals surface area contributed by atoms with Crippen LogP contribution in [0.1, 0.15) is 5.56 Å². The van der Waals surface area contributed by atoms with Crippen molar-refractivity contribution >= 4 is 40.1 Å². The van der Waals surface area contributed by atoms with E-state index in [1.807, 2.05) is 24.3 Å². The number of rotatable bonds is 4. The molecule has 0 saturated heterocycles. The van der Waals surface area contributed by atoms with Crippen LogP contribution in [0.5, 0.6) is 0 Å². The third-order valence-corrected chi connectivity index (χ3v) is 3.39. The molecule has 0 aliphatic carbocycles. The predicted molar refractivity (Wildman–Crippen MR) is 88.9 cm³/mol. The Kier molecular flexibility index (Phi) is 4.11. The monoisotopic (exact) mass is 327 g/mol. The summed E-state index contributed by atoms with van der Waals surface area (Å²) in [4.78, 5) is 10.3. The third-order valence-electron chi connectivity index (χ3n) is 3.11. The third kappa shape index (κ3) is 3.24. The van der Waals surface area contributed by atoms with E-state index < -0.39 is 4.92 Å². The molecule has 3 rings (SSSR count). The molecule has 1 heterocycles. The van der Waals surface area contributed by atoms with E-state index in [1.54, 1.807) is 12.1 Å². The van der Waals surface area contributed by atoms with E-state index in [4.69, 9.17) is 11.6 Å². The first-order valence-corrected chi connectivity index (χ1v) is 6.97. The molecule has 23 heavy (non-hydrogen) atoms. The van der Waals surface area contributed by atoms with Crippen LogP contribution in [0.4, 0.5) is 11.5 Å². The number of hydrogen-bond donors (Lipinski definition) is 1. The molecule has 0 bridgehead atoms. The van der Waals surface area contributed by atoms with Crippen LogP contribution in [0.2, 0.25) is 5.15 Å². The molecule has 3 aromatic rings. The van der Waals surface area contributed by atoms with Gasteiger partial charge in [-0.25, -0.2) is 0 Å². The van der Waals surface area contributed by atoms with Gasteiger partial charge in [-0.05, 0) is 0 Å². The first-order valence-electron chi connectivity index (χ1n) is 6.59. The van der Waals surface area contributed by atoms with Gasteiger partial charge in [-0.15, -0.1) is 10.2 Å². The maximum atomic E-state index is 10.7. The Hall–Kier alpha value is -3.06. The summed E-state index contributed by atoms with van der Waals surface area (Å²) in [6.07, 6.45) is 1.47. The van der Waals surface area contributed by atoms with Crippen LogP contribution in [0, 0.1) is 10.1 Å². The summed E-state index contributed by atoms with van der Waals surface area (Å²) in [6, 6.07) is 13.5. The highest BCUT2D eigenvalue weighted by Gasteiger charge is 2.07. The molecular weight excluding hydrogens is 318 g/mol. The van der Waals surface area contributed by atoms with E-state index in [-0.39, 0.29) is 5.69 Å². The molecule has 0 atom stereocenters. The van der Waals surface area contributed by atoms with Crippen LogP contribution < -0.4 is 5.43 Å². The summed E-state index contributed by atoms with van der Waals surface area (Å²) in [5.41, 5.74) is 3.38. The van der Waals surface area contributed by atoms with Crippen molar-refractivity contribution in [1.29, 1.82) is 0 Å². The Morgan fingerprint density at radius 3 is 2.70 bits per heavy atom. The fraction of sp³-hybridized carbons (Fsp3) is 0. The lowest BCUT2D eigenvalue weighted by molar-refractivity contribution is -0.384. The Morgan fingerprint density at radius 1 is 1.13 bits per heavy atom. The van der Waals surface area contributed by atoms with Gasteiger partial charge < -0.3 is 0 Å². The topological polar surface area (TPSA) is 93.3 Å². The van der Waals surface area contributed by atoms with E-state index >= 15 is 0 Å². The van der Waals surface area contributed by atoms with Crippen molar-refractivity contribution in [3.63, 3.8) is 0 Å². The smallest absolute Gasteiger partial charge is 0.259 e. The Balaban J connectivity index is 1.85. The van der Waals surface area contributed by atoms with Crippen LogP contribution >= 0.6 is 11.6 Å². The number of halogens is 1. The SMILES string of the molecule is O=[N+]([O-])c1cccc(/C=N\Nc2nnc(Cl)c3ccccc23)c1. The minimum Gasteiger partial charge on any atom is -0.259 e. The maximum absolute atomic E-state index is 10.7. The zero-order chi connectivity index (χ0) is 16.2. The highest BCUT2D eigenvalue weighted by Crippen LogP contribution is 2.25. The normalized spacial score (nSPS) is 11.0. The van der Waals surface area contributed by atoms with Crippen LogP contribution in [-0.2, 0) is 0 Å². The molecule has 114 valence electrons. The van der Waals surface area contributed by atoms with Crippen molar-refractivity contribution in [2.24, 2.45) is 5.10 Å². The van der Waals surface area contributed by atoms with E-state index in [0.717, 1.165) is 10.8 Å². The molecule has 0 unspecified atom stereocenters. The Morgan fingerprint density at radius 2 is 1.91 bits per heavy atom. The van der Waals surface area contributed by atoms with Gasteiger partial charge in [-0.2, -0.15) is 5.10 Å². The molecule has 0 aliphatic heterocycles. The molecule has 1 N–H and O–H groups in total. The average molecular weight is 328 g/mol. The molecule has 1 aromatic heterocycles. The molecule has 2 aromatic carbocycles. The second-order valence-corrected chi connectivity index (χ2v) is 4.97. The van der Waals surface area contributed by atoms with Crippen molar-refractivity contribution in [2.45, 2.75) is 0 Å².